The van der Waals surface area contributed by atoms with Gasteiger partial charge in [0, 0.05) is 42.0 Å². The molecule has 3 heterocycles. The van der Waals surface area contributed by atoms with Crippen LogP contribution in [-0.2, 0) is 22.4 Å². The summed E-state index contributed by atoms with van der Waals surface area (Å²) >= 11 is 0. The third-order valence-electron chi connectivity index (χ3n) is 8.16. The Balaban J connectivity index is 1.37. The van der Waals surface area contributed by atoms with E-state index < -0.39 is 77.4 Å². The number of alkyl halides is 3. The predicted octanol–water partition coefficient (Wildman–Crippen LogP) is 4.70. The molecular formula is C30H27F6N5O3. The minimum Gasteiger partial charge on any atom is -0.340 e. The maximum absolute atomic E-state index is 14.7. The number of carbonyl (C=O) groups excluding carboxylic acids is 3. The first-order valence-corrected chi connectivity index (χ1v) is 13.7. The van der Waals surface area contributed by atoms with Crippen LogP contribution in [0, 0.1) is 22.9 Å². The van der Waals surface area contributed by atoms with E-state index in [1.807, 2.05) is 0 Å². The monoisotopic (exact) mass is 619 g/mol. The Morgan fingerprint density at radius 1 is 1.07 bits per heavy atom. The summed E-state index contributed by atoms with van der Waals surface area (Å²) in [6, 6.07) is 4.74. The van der Waals surface area contributed by atoms with Crippen molar-refractivity contribution in [2.45, 2.75) is 57.3 Å². The molecule has 1 fully saturated rings. The molecule has 1 aromatic carbocycles. The van der Waals surface area contributed by atoms with E-state index in [4.69, 9.17) is 0 Å². The van der Waals surface area contributed by atoms with Crippen molar-refractivity contribution in [3.8, 4) is 0 Å². The smallest absolute Gasteiger partial charge is 0.340 e. The standard InChI is InChI=1S/C30H27F6N5O3/c1-15-18(24-19(31)6-7-20(32)25(24)33)10-21(27(43)41(15)14-30(34,35)36)39-26(42)17-9-16-11-29(2,12-22(16)38-13-17)28(44)40-23-5-3-4-8-37-23/h3-9,13,15,18,21H,10-12,14H2,1-2H3,(H,39,42)(H,37,40,44)/t15-,18-,21+,29+/m1/s1. The van der Waals surface area contributed by atoms with Gasteiger partial charge in [0.1, 0.15) is 24.2 Å². The van der Waals surface area contributed by atoms with Gasteiger partial charge in [-0.3, -0.25) is 19.4 Å². The van der Waals surface area contributed by atoms with E-state index in [9.17, 15) is 40.7 Å². The number of nitrogens with one attached hydrogen (secondary N) is 2. The molecule has 5 rings (SSSR count). The Labute approximate surface area is 247 Å². The molecule has 2 aromatic heterocycles. The number of amides is 3. The molecule has 1 aliphatic carbocycles. The van der Waals surface area contributed by atoms with Crippen LogP contribution in [0.15, 0.2) is 48.8 Å². The van der Waals surface area contributed by atoms with Crippen LogP contribution in [0.1, 0.15) is 53.4 Å². The van der Waals surface area contributed by atoms with E-state index in [2.05, 4.69) is 20.6 Å². The first kappa shape index (κ1) is 31.0. The van der Waals surface area contributed by atoms with Gasteiger partial charge in [0.2, 0.25) is 11.8 Å². The molecule has 0 radical (unpaired) electrons. The van der Waals surface area contributed by atoms with Crippen molar-refractivity contribution in [1.29, 1.82) is 0 Å². The molecule has 0 spiro atoms. The van der Waals surface area contributed by atoms with Gasteiger partial charge in [-0.05, 0) is 55.7 Å². The highest BCUT2D eigenvalue weighted by atomic mass is 19.4. The van der Waals surface area contributed by atoms with Crippen LogP contribution in [-0.4, -0.2) is 57.4 Å². The number of likely N-dealkylation sites (tertiary alicyclic amines) is 1. The normalized spacial score (nSPS) is 23.3. The second-order valence-electron chi connectivity index (χ2n) is 11.4. The van der Waals surface area contributed by atoms with Gasteiger partial charge in [0.15, 0.2) is 11.6 Å². The molecule has 0 unspecified atom stereocenters. The molecule has 0 bridgehead atoms. The zero-order chi connectivity index (χ0) is 32.0. The van der Waals surface area contributed by atoms with Crippen molar-refractivity contribution in [2.75, 3.05) is 11.9 Å². The van der Waals surface area contributed by atoms with E-state index in [1.165, 1.54) is 25.4 Å². The third-order valence-corrected chi connectivity index (χ3v) is 8.16. The maximum Gasteiger partial charge on any atom is 0.406 e. The van der Waals surface area contributed by atoms with E-state index in [1.54, 1.807) is 25.1 Å². The van der Waals surface area contributed by atoms with E-state index in [0.717, 1.165) is 0 Å². The van der Waals surface area contributed by atoms with Crippen molar-refractivity contribution in [2.24, 2.45) is 5.41 Å². The van der Waals surface area contributed by atoms with Crippen LogP contribution in [0.4, 0.5) is 32.2 Å². The fourth-order valence-corrected chi connectivity index (χ4v) is 5.88. The Bertz CT molecular complexity index is 1620. The number of benzene rings is 1. The van der Waals surface area contributed by atoms with E-state index in [0.29, 0.717) is 34.1 Å². The lowest BCUT2D eigenvalue weighted by molar-refractivity contribution is -0.170. The molecule has 0 saturated carbocycles. The molecular weight excluding hydrogens is 592 g/mol. The summed E-state index contributed by atoms with van der Waals surface area (Å²) < 4.78 is 83.8. The average Bonchev–Trinajstić information content (AvgIpc) is 3.32. The molecule has 14 heteroatoms. The number of anilines is 1. The lowest BCUT2D eigenvalue weighted by atomic mass is 9.81. The number of pyridine rings is 2. The van der Waals surface area contributed by atoms with Gasteiger partial charge < -0.3 is 15.5 Å². The summed E-state index contributed by atoms with van der Waals surface area (Å²) in [5, 5.41) is 5.13. The largest absolute Gasteiger partial charge is 0.406 e. The summed E-state index contributed by atoms with van der Waals surface area (Å²) in [5.74, 6) is -7.50. The van der Waals surface area contributed by atoms with Gasteiger partial charge in [0.05, 0.1) is 11.0 Å². The molecule has 1 aliphatic heterocycles. The number of fused-ring (bicyclic) bond motifs is 1. The SMILES string of the molecule is C[C@@H]1[C@H](c2c(F)ccc(F)c2F)C[C@H](NC(=O)c2cnc3c(c2)C[C@](C)(C(=O)Nc2ccccn2)C3)C(=O)N1CC(F)(F)F. The molecule has 8 nitrogen and oxygen atoms in total. The number of hydrogen-bond donors (Lipinski definition) is 2. The Morgan fingerprint density at radius 2 is 1.80 bits per heavy atom. The molecule has 232 valence electrons. The van der Waals surface area contributed by atoms with Crippen molar-refractivity contribution in [3.63, 3.8) is 0 Å². The number of hydrogen-bond acceptors (Lipinski definition) is 5. The fourth-order valence-electron chi connectivity index (χ4n) is 5.88. The van der Waals surface area contributed by atoms with Crippen molar-refractivity contribution < 1.29 is 40.7 Å². The Kier molecular flexibility index (Phi) is 8.12. The molecule has 2 aliphatic rings. The molecule has 4 atom stereocenters. The van der Waals surface area contributed by atoms with E-state index in [-0.39, 0.29) is 24.3 Å². The highest BCUT2D eigenvalue weighted by Crippen LogP contribution is 2.39. The minimum atomic E-state index is -4.86. The molecule has 2 N–H and O–H groups in total. The van der Waals surface area contributed by atoms with Crippen molar-refractivity contribution in [1.82, 2.24) is 20.2 Å². The summed E-state index contributed by atoms with van der Waals surface area (Å²) in [6.07, 6.45) is -2.12. The number of halogens is 6. The predicted molar refractivity (Wildman–Crippen MR) is 145 cm³/mol. The minimum absolute atomic E-state index is 0.0356. The zero-order valence-corrected chi connectivity index (χ0v) is 23.5. The molecule has 1 saturated heterocycles. The highest BCUT2D eigenvalue weighted by molar-refractivity contribution is 5.98. The second kappa shape index (κ2) is 11.5. The van der Waals surface area contributed by atoms with Crippen molar-refractivity contribution in [3.05, 3.63) is 88.6 Å². The fraction of sp³-hybridized carbons (Fsp3) is 0.367. The topological polar surface area (TPSA) is 104 Å². The Hall–Kier alpha value is -4.49. The van der Waals surface area contributed by atoms with Gasteiger partial charge in [0.25, 0.3) is 5.91 Å². The molecule has 3 aromatic rings. The summed E-state index contributed by atoms with van der Waals surface area (Å²) in [7, 11) is 0. The lowest BCUT2D eigenvalue weighted by Crippen LogP contribution is -2.60. The van der Waals surface area contributed by atoms with Crippen molar-refractivity contribution >= 4 is 23.5 Å². The van der Waals surface area contributed by atoms with Crippen LogP contribution < -0.4 is 10.6 Å². The summed E-state index contributed by atoms with van der Waals surface area (Å²) in [5.41, 5.74) is -0.607. The van der Waals surface area contributed by atoms with Gasteiger partial charge in [-0.25, -0.2) is 18.2 Å². The van der Waals surface area contributed by atoms with Gasteiger partial charge in [-0.15, -0.1) is 0 Å². The van der Waals surface area contributed by atoms with Crippen LogP contribution in [0.3, 0.4) is 0 Å². The van der Waals surface area contributed by atoms with Gasteiger partial charge >= 0.3 is 6.18 Å². The summed E-state index contributed by atoms with van der Waals surface area (Å²) in [4.78, 5) is 48.2. The van der Waals surface area contributed by atoms with Crippen LogP contribution in [0.5, 0.6) is 0 Å². The number of piperidine rings is 1. The van der Waals surface area contributed by atoms with Crippen LogP contribution in [0.2, 0.25) is 0 Å². The lowest BCUT2D eigenvalue weighted by Gasteiger charge is -2.43. The molecule has 3 amide bonds. The van der Waals surface area contributed by atoms with Crippen LogP contribution in [0.25, 0.3) is 0 Å². The average molecular weight is 620 g/mol. The number of aromatic nitrogens is 2. The quantitative estimate of drug-likeness (QED) is 0.308. The Morgan fingerprint density at radius 3 is 2.48 bits per heavy atom. The van der Waals surface area contributed by atoms with E-state index >= 15 is 0 Å². The number of carbonyl (C=O) groups is 3. The van der Waals surface area contributed by atoms with Crippen LogP contribution >= 0.6 is 0 Å². The first-order chi connectivity index (χ1) is 20.7. The number of nitrogens with zero attached hydrogens (tertiary/aromatic N) is 3. The third kappa shape index (κ3) is 6.10. The zero-order valence-electron chi connectivity index (χ0n) is 23.5. The van der Waals surface area contributed by atoms with Gasteiger partial charge in [-0.2, -0.15) is 13.2 Å². The first-order valence-electron chi connectivity index (χ1n) is 13.7. The second-order valence-corrected chi connectivity index (χ2v) is 11.4. The number of rotatable bonds is 6. The summed E-state index contributed by atoms with van der Waals surface area (Å²) in [6.45, 7) is 1.17. The highest BCUT2D eigenvalue weighted by Gasteiger charge is 2.47. The maximum atomic E-state index is 14.7. The van der Waals surface area contributed by atoms with Gasteiger partial charge in [-0.1, -0.05) is 13.0 Å². The molecule has 44 heavy (non-hydrogen) atoms.